The molecule has 0 aliphatic heterocycles. The van der Waals surface area contributed by atoms with Crippen LogP contribution in [-0.2, 0) is 11.2 Å². The van der Waals surface area contributed by atoms with Crippen molar-refractivity contribution in [2.24, 2.45) is 16.7 Å². The molecular formula is C18H26N2O2. The standard InChI is InChI=1S/C18H26N2O2/c1-17(2)13-9-10-18(17,3)16(22)15(13)20-19-14(21)11-12-7-5-4-6-8-12/h4-8,13,15-16,20,22H,9-11H2,1-3H3,(H,19,21)/t13-,15?,16?,18+/m1/s1. The quantitative estimate of drug-likeness (QED) is 0.746. The van der Waals surface area contributed by atoms with E-state index in [4.69, 9.17) is 0 Å². The van der Waals surface area contributed by atoms with Crippen molar-refractivity contribution in [1.29, 1.82) is 0 Å². The fourth-order valence-corrected chi connectivity index (χ4v) is 4.50. The number of hydrazine groups is 1. The van der Waals surface area contributed by atoms with Gasteiger partial charge in [-0.1, -0.05) is 51.1 Å². The zero-order chi connectivity index (χ0) is 16.0. The summed E-state index contributed by atoms with van der Waals surface area (Å²) < 4.78 is 0. The maximum Gasteiger partial charge on any atom is 0.238 e. The van der Waals surface area contributed by atoms with Gasteiger partial charge in [-0.25, -0.2) is 5.43 Å². The first kappa shape index (κ1) is 15.5. The molecule has 2 unspecified atom stereocenters. The second kappa shape index (κ2) is 5.36. The summed E-state index contributed by atoms with van der Waals surface area (Å²) in [5.41, 5.74) is 6.92. The van der Waals surface area contributed by atoms with Crippen LogP contribution >= 0.6 is 0 Å². The number of hydrogen-bond acceptors (Lipinski definition) is 3. The number of amides is 1. The lowest BCUT2D eigenvalue weighted by molar-refractivity contribution is -0.122. The largest absolute Gasteiger partial charge is 0.391 e. The lowest BCUT2D eigenvalue weighted by Gasteiger charge is -2.37. The van der Waals surface area contributed by atoms with E-state index >= 15 is 0 Å². The number of benzene rings is 1. The SMILES string of the molecule is CC1(C)[C@@H]2CC[C@@]1(C)C(O)C2NNC(=O)Cc1ccccc1. The second-order valence-corrected chi connectivity index (χ2v) is 7.61. The number of carbonyl (C=O) groups excluding carboxylic acids is 1. The number of aliphatic hydroxyl groups is 1. The summed E-state index contributed by atoms with van der Waals surface area (Å²) in [7, 11) is 0. The molecule has 4 heteroatoms. The van der Waals surface area contributed by atoms with E-state index in [0.29, 0.717) is 12.3 Å². The van der Waals surface area contributed by atoms with Crippen molar-refractivity contribution in [3.8, 4) is 0 Å². The second-order valence-electron chi connectivity index (χ2n) is 7.61. The Kier molecular flexibility index (Phi) is 3.77. The van der Waals surface area contributed by atoms with E-state index in [-0.39, 0.29) is 22.8 Å². The summed E-state index contributed by atoms with van der Waals surface area (Å²) >= 11 is 0. The molecule has 0 saturated heterocycles. The summed E-state index contributed by atoms with van der Waals surface area (Å²) in [6.07, 6.45) is 2.09. The van der Waals surface area contributed by atoms with E-state index < -0.39 is 6.10 Å². The first-order valence-corrected chi connectivity index (χ1v) is 8.12. The Bertz CT molecular complexity index is 557. The van der Waals surface area contributed by atoms with Gasteiger partial charge in [0.25, 0.3) is 0 Å². The number of aliphatic hydroxyl groups excluding tert-OH is 1. The number of hydrogen-bond donors (Lipinski definition) is 3. The average molecular weight is 302 g/mol. The van der Waals surface area contributed by atoms with Gasteiger partial charge in [0.15, 0.2) is 0 Å². The van der Waals surface area contributed by atoms with Gasteiger partial charge in [0.1, 0.15) is 0 Å². The normalized spacial score (nSPS) is 35.5. The molecule has 1 amide bonds. The molecule has 120 valence electrons. The first-order chi connectivity index (χ1) is 10.4. The lowest BCUT2D eigenvalue weighted by Crippen LogP contribution is -2.54. The molecule has 2 bridgehead atoms. The van der Waals surface area contributed by atoms with Crippen LogP contribution in [-0.4, -0.2) is 23.2 Å². The first-order valence-electron chi connectivity index (χ1n) is 8.12. The molecular weight excluding hydrogens is 276 g/mol. The minimum Gasteiger partial charge on any atom is -0.391 e. The van der Waals surface area contributed by atoms with Gasteiger partial charge in [-0.2, -0.15) is 0 Å². The van der Waals surface area contributed by atoms with E-state index in [1.165, 1.54) is 0 Å². The third-order valence-corrected chi connectivity index (χ3v) is 6.39. The van der Waals surface area contributed by atoms with Gasteiger partial charge >= 0.3 is 0 Å². The molecule has 2 saturated carbocycles. The van der Waals surface area contributed by atoms with Crippen molar-refractivity contribution in [2.45, 2.75) is 52.2 Å². The van der Waals surface area contributed by atoms with E-state index in [9.17, 15) is 9.90 Å². The summed E-state index contributed by atoms with van der Waals surface area (Å²) in [6, 6.07) is 9.62. The number of nitrogens with one attached hydrogen (secondary N) is 2. The van der Waals surface area contributed by atoms with Crippen LogP contribution in [0, 0.1) is 16.7 Å². The van der Waals surface area contributed by atoms with Crippen LogP contribution in [0.5, 0.6) is 0 Å². The lowest BCUT2D eigenvalue weighted by atomic mass is 9.70. The molecule has 2 aliphatic rings. The summed E-state index contributed by atoms with van der Waals surface area (Å²) in [5.74, 6) is 0.327. The maximum absolute atomic E-state index is 12.1. The predicted octanol–water partition coefficient (Wildman–Crippen LogP) is 2.04. The smallest absolute Gasteiger partial charge is 0.238 e. The van der Waals surface area contributed by atoms with E-state index in [2.05, 4.69) is 31.6 Å². The molecule has 1 aromatic carbocycles. The maximum atomic E-state index is 12.1. The molecule has 4 atom stereocenters. The fourth-order valence-electron chi connectivity index (χ4n) is 4.50. The minimum atomic E-state index is -0.418. The van der Waals surface area contributed by atoms with Gasteiger partial charge < -0.3 is 5.11 Å². The van der Waals surface area contributed by atoms with Crippen LogP contribution in [0.4, 0.5) is 0 Å². The summed E-state index contributed by atoms with van der Waals surface area (Å²) in [4.78, 5) is 12.1. The monoisotopic (exact) mass is 302 g/mol. The van der Waals surface area contributed by atoms with Crippen LogP contribution in [0.2, 0.25) is 0 Å². The molecule has 22 heavy (non-hydrogen) atoms. The molecule has 2 fully saturated rings. The van der Waals surface area contributed by atoms with E-state index in [1.54, 1.807) is 0 Å². The number of fused-ring (bicyclic) bond motifs is 2. The molecule has 3 rings (SSSR count). The Morgan fingerprint density at radius 3 is 2.55 bits per heavy atom. The van der Waals surface area contributed by atoms with Gasteiger partial charge in [-0.05, 0) is 29.7 Å². The Labute approximate surface area is 132 Å². The highest BCUT2D eigenvalue weighted by molar-refractivity contribution is 5.78. The zero-order valence-corrected chi connectivity index (χ0v) is 13.6. The minimum absolute atomic E-state index is 0.0616. The molecule has 4 nitrogen and oxygen atoms in total. The summed E-state index contributed by atoms with van der Waals surface area (Å²) in [5, 5.41) is 10.7. The van der Waals surface area contributed by atoms with Gasteiger partial charge in [0, 0.05) is 5.41 Å². The Hall–Kier alpha value is -1.39. The molecule has 0 aromatic heterocycles. The van der Waals surface area contributed by atoms with Crippen molar-refractivity contribution in [3.05, 3.63) is 35.9 Å². The Balaban J connectivity index is 1.60. The zero-order valence-electron chi connectivity index (χ0n) is 13.6. The van der Waals surface area contributed by atoms with Crippen LogP contribution in [0.3, 0.4) is 0 Å². The van der Waals surface area contributed by atoms with Gasteiger partial charge in [-0.3, -0.25) is 10.2 Å². The molecule has 3 N–H and O–H groups in total. The van der Waals surface area contributed by atoms with Gasteiger partial charge in [-0.15, -0.1) is 0 Å². The highest BCUT2D eigenvalue weighted by Crippen LogP contribution is 2.65. The molecule has 0 spiro atoms. The molecule has 1 aromatic rings. The van der Waals surface area contributed by atoms with Crippen LogP contribution in [0.15, 0.2) is 30.3 Å². The predicted molar refractivity (Wildman–Crippen MR) is 85.8 cm³/mol. The topological polar surface area (TPSA) is 61.4 Å². The van der Waals surface area contributed by atoms with Crippen molar-refractivity contribution >= 4 is 5.91 Å². The number of rotatable bonds is 4. The molecule has 0 heterocycles. The van der Waals surface area contributed by atoms with Crippen LogP contribution in [0.25, 0.3) is 0 Å². The Morgan fingerprint density at radius 2 is 1.95 bits per heavy atom. The molecule has 2 aliphatic carbocycles. The van der Waals surface area contributed by atoms with Gasteiger partial charge in [0.05, 0.1) is 18.6 Å². The van der Waals surface area contributed by atoms with Crippen LogP contribution in [0.1, 0.15) is 39.2 Å². The third kappa shape index (κ3) is 2.25. The molecule has 0 radical (unpaired) electrons. The van der Waals surface area contributed by atoms with Crippen molar-refractivity contribution in [1.82, 2.24) is 10.9 Å². The Morgan fingerprint density at radius 1 is 1.27 bits per heavy atom. The van der Waals surface area contributed by atoms with Crippen LogP contribution < -0.4 is 10.9 Å². The summed E-state index contributed by atoms with van der Waals surface area (Å²) in [6.45, 7) is 6.65. The van der Waals surface area contributed by atoms with E-state index in [0.717, 1.165) is 18.4 Å². The third-order valence-electron chi connectivity index (χ3n) is 6.39. The highest BCUT2D eigenvalue weighted by atomic mass is 16.3. The number of carbonyl (C=O) groups is 1. The van der Waals surface area contributed by atoms with Crippen molar-refractivity contribution in [2.75, 3.05) is 0 Å². The van der Waals surface area contributed by atoms with Crippen molar-refractivity contribution < 1.29 is 9.90 Å². The fraction of sp³-hybridized carbons (Fsp3) is 0.611. The highest BCUT2D eigenvalue weighted by Gasteiger charge is 2.65. The van der Waals surface area contributed by atoms with Crippen molar-refractivity contribution in [3.63, 3.8) is 0 Å². The van der Waals surface area contributed by atoms with E-state index in [1.807, 2.05) is 30.3 Å². The van der Waals surface area contributed by atoms with Gasteiger partial charge in [0.2, 0.25) is 5.91 Å². The average Bonchev–Trinajstić information content (AvgIpc) is 2.79.